The molecule has 1 aromatic rings. The summed E-state index contributed by atoms with van der Waals surface area (Å²) in [6.45, 7) is 8.24. The number of hydrogen-bond acceptors (Lipinski definition) is 2. The first-order valence-electron chi connectivity index (χ1n) is 5.84. The van der Waals surface area contributed by atoms with Crippen LogP contribution in [0.3, 0.4) is 0 Å². The van der Waals surface area contributed by atoms with Crippen LogP contribution in [-0.4, -0.2) is 14.0 Å². The molecule has 0 radical (unpaired) electrons. The molecule has 0 saturated heterocycles. The van der Waals surface area contributed by atoms with E-state index in [1.165, 1.54) is 18.4 Å². The molecule has 1 atom stereocenters. The second-order valence-electron chi connectivity index (χ2n) is 4.81. The molecular weight excluding hydrogens is 228 g/mol. The van der Waals surface area contributed by atoms with Crippen molar-refractivity contribution in [2.75, 3.05) is 0 Å². The molecule has 0 saturated carbocycles. The van der Waals surface area contributed by atoms with Gasteiger partial charge < -0.3 is 4.74 Å². The number of ether oxygens (including phenoxy) is 1. The Labute approximate surface area is 104 Å². The molecule has 92 valence electrons. The van der Waals surface area contributed by atoms with E-state index in [1.54, 1.807) is 0 Å². The number of esters is 1. The second-order valence-corrected chi connectivity index (χ2v) is 9.75. The summed E-state index contributed by atoms with van der Waals surface area (Å²) in [5.41, 5.74) is 0.421. The van der Waals surface area contributed by atoms with E-state index in [9.17, 15) is 4.79 Å². The highest BCUT2D eigenvalue weighted by atomic mass is 28.3. The van der Waals surface area contributed by atoms with Crippen LogP contribution in [0, 0.1) is 0 Å². The monoisotopic (exact) mass is 248 g/mol. The van der Waals surface area contributed by atoms with E-state index < -0.39 is 8.07 Å². The lowest BCUT2D eigenvalue weighted by Crippen LogP contribution is -2.44. The van der Waals surface area contributed by atoms with Crippen molar-refractivity contribution < 1.29 is 9.53 Å². The molecule has 0 N–H and O–H groups in total. The molecule has 0 aliphatic rings. The summed E-state index contributed by atoms with van der Waals surface area (Å²) < 4.78 is 4.85. The summed E-state index contributed by atoms with van der Waals surface area (Å²) in [7, 11) is -1.53. The zero-order valence-electron chi connectivity index (χ0n) is 10.9. The zero-order chi connectivity index (χ0) is 12.9. The fourth-order valence-corrected chi connectivity index (χ4v) is 3.76. The lowest BCUT2D eigenvalue weighted by atomic mass is 10.4. The standard InChI is InChI=1S/C14H20O2Si/c1-12(10-11-16-13(2)15)17(3,4)14-8-6-5-7-9-14/h5-12H,1-4H3/b11-10+. The maximum absolute atomic E-state index is 10.7. The van der Waals surface area contributed by atoms with Crippen molar-refractivity contribution in [3.8, 4) is 0 Å². The van der Waals surface area contributed by atoms with E-state index in [0.717, 1.165) is 0 Å². The first-order valence-corrected chi connectivity index (χ1v) is 8.91. The number of benzene rings is 1. The van der Waals surface area contributed by atoms with E-state index in [0.29, 0.717) is 5.54 Å². The lowest BCUT2D eigenvalue weighted by Gasteiger charge is -2.27. The summed E-state index contributed by atoms with van der Waals surface area (Å²) in [5, 5.41) is 1.42. The Hall–Kier alpha value is -1.35. The highest BCUT2D eigenvalue weighted by Crippen LogP contribution is 2.22. The van der Waals surface area contributed by atoms with Crippen molar-refractivity contribution in [2.24, 2.45) is 0 Å². The Morgan fingerprint density at radius 3 is 2.41 bits per heavy atom. The van der Waals surface area contributed by atoms with Gasteiger partial charge in [-0.1, -0.05) is 55.5 Å². The minimum Gasteiger partial charge on any atom is -0.435 e. The van der Waals surface area contributed by atoms with Crippen molar-refractivity contribution in [3.05, 3.63) is 42.7 Å². The molecule has 0 aliphatic carbocycles. The SMILES string of the molecule is CC(=O)O/C=C/C(C)[Si](C)(C)c1ccccc1. The molecule has 3 heteroatoms. The van der Waals surface area contributed by atoms with Gasteiger partial charge in [0.2, 0.25) is 0 Å². The van der Waals surface area contributed by atoms with Gasteiger partial charge in [0, 0.05) is 6.92 Å². The molecule has 1 rings (SSSR count). The van der Waals surface area contributed by atoms with Gasteiger partial charge in [0.1, 0.15) is 0 Å². The topological polar surface area (TPSA) is 26.3 Å². The molecule has 0 aromatic heterocycles. The zero-order valence-corrected chi connectivity index (χ0v) is 11.9. The van der Waals surface area contributed by atoms with Crippen LogP contribution in [0.1, 0.15) is 13.8 Å². The van der Waals surface area contributed by atoms with Gasteiger partial charge in [-0.05, 0) is 11.6 Å². The molecular formula is C14H20O2Si. The smallest absolute Gasteiger partial charge is 0.307 e. The Morgan fingerprint density at radius 2 is 1.88 bits per heavy atom. The molecule has 0 aliphatic heterocycles. The van der Waals surface area contributed by atoms with Gasteiger partial charge in [0.15, 0.2) is 0 Å². The molecule has 2 nitrogen and oxygen atoms in total. The van der Waals surface area contributed by atoms with Crippen LogP contribution in [0.15, 0.2) is 42.7 Å². The van der Waals surface area contributed by atoms with Gasteiger partial charge in [0.05, 0.1) is 14.3 Å². The third kappa shape index (κ3) is 3.86. The van der Waals surface area contributed by atoms with Gasteiger partial charge >= 0.3 is 5.97 Å². The van der Waals surface area contributed by atoms with Crippen molar-refractivity contribution in [1.82, 2.24) is 0 Å². The quantitative estimate of drug-likeness (QED) is 0.465. The van der Waals surface area contributed by atoms with E-state index in [-0.39, 0.29) is 5.97 Å². The number of hydrogen-bond donors (Lipinski definition) is 0. The molecule has 0 heterocycles. The summed E-state index contributed by atoms with van der Waals surface area (Å²) >= 11 is 0. The highest BCUT2D eigenvalue weighted by molar-refractivity contribution is 6.91. The summed E-state index contributed by atoms with van der Waals surface area (Å²) in [5.74, 6) is -0.271. The maximum Gasteiger partial charge on any atom is 0.307 e. The Balaban J connectivity index is 2.77. The normalized spacial score (nSPS) is 13.6. The summed E-state index contributed by atoms with van der Waals surface area (Å²) in [6, 6.07) is 10.6. The summed E-state index contributed by atoms with van der Waals surface area (Å²) in [6.07, 6.45) is 3.51. The van der Waals surface area contributed by atoms with E-state index >= 15 is 0 Å². The number of carbonyl (C=O) groups excluding carboxylic acids is 1. The van der Waals surface area contributed by atoms with E-state index in [4.69, 9.17) is 4.74 Å². The van der Waals surface area contributed by atoms with Crippen molar-refractivity contribution in [1.29, 1.82) is 0 Å². The van der Waals surface area contributed by atoms with Crippen molar-refractivity contribution in [3.63, 3.8) is 0 Å². The maximum atomic E-state index is 10.7. The van der Waals surface area contributed by atoms with Crippen LogP contribution in [-0.2, 0) is 9.53 Å². The molecule has 0 spiro atoms. The van der Waals surface area contributed by atoms with Crippen LogP contribution < -0.4 is 5.19 Å². The average Bonchev–Trinajstić information content (AvgIpc) is 2.29. The first kappa shape index (κ1) is 13.7. The third-order valence-corrected chi connectivity index (χ3v) is 7.55. The van der Waals surface area contributed by atoms with Gasteiger partial charge in [-0.25, -0.2) is 0 Å². The van der Waals surface area contributed by atoms with Crippen LogP contribution in [0.4, 0.5) is 0 Å². The number of carbonyl (C=O) groups is 1. The minimum atomic E-state index is -1.53. The van der Waals surface area contributed by atoms with Crippen molar-refractivity contribution >= 4 is 19.2 Å². The highest BCUT2D eigenvalue weighted by Gasteiger charge is 2.28. The molecule has 0 fully saturated rings. The fraction of sp³-hybridized carbons (Fsp3) is 0.357. The Kier molecular flexibility index (Phi) is 4.69. The van der Waals surface area contributed by atoms with Gasteiger partial charge in [-0.2, -0.15) is 0 Å². The number of rotatable bonds is 4. The molecule has 17 heavy (non-hydrogen) atoms. The molecule has 0 amide bonds. The van der Waals surface area contributed by atoms with Crippen LogP contribution in [0.5, 0.6) is 0 Å². The van der Waals surface area contributed by atoms with Crippen LogP contribution in [0.25, 0.3) is 0 Å². The Morgan fingerprint density at radius 1 is 1.29 bits per heavy atom. The van der Waals surface area contributed by atoms with Crippen LogP contribution >= 0.6 is 0 Å². The van der Waals surface area contributed by atoms with Gasteiger partial charge in [0.25, 0.3) is 0 Å². The minimum absolute atomic E-state index is 0.271. The number of allylic oxidation sites excluding steroid dienone is 1. The first-order chi connectivity index (χ1) is 7.94. The van der Waals surface area contributed by atoms with E-state index in [1.807, 2.05) is 12.1 Å². The fourth-order valence-electron chi connectivity index (χ4n) is 1.62. The predicted octanol–water partition coefficient (Wildman–Crippen LogP) is 3.07. The molecule has 0 bridgehead atoms. The van der Waals surface area contributed by atoms with Gasteiger partial charge in [-0.15, -0.1) is 0 Å². The molecule has 1 unspecified atom stereocenters. The van der Waals surface area contributed by atoms with Gasteiger partial charge in [-0.3, -0.25) is 4.79 Å². The van der Waals surface area contributed by atoms with Crippen molar-refractivity contribution in [2.45, 2.75) is 32.5 Å². The molecule has 1 aromatic carbocycles. The van der Waals surface area contributed by atoms with Crippen LogP contribution in [0.2, 0.25) is 18.6 Å². The third-order valence-electron chi connectivity index (χ3n) is 3.26. The predicted molar refractivity (Wildman–Crippen MR) is 73.9 cm³/mol. The lowest BCUT2D eigenvalue weighted by molar-refractivity contribution is -0.135. The Bertz CT molecular complexity index is 396. The average molecular weight is 248 g/mol. The summed E-state index contributed by atoms with van der Waals surface area (Å²) in [4.78, 5) is 10.7. The second kappa shape index (κ2) is 5.82. The largest absolute Gasteiger partial charge is 0.435 e. The van der Waals surface area contributed by atoms with E-state index in [2.05, 4.69) is 44.3 Å².